The van der Waals surface area contributed by atoms with Gasteiger partial charge in [-0.1, -0.05) is 18.9 Å². The van der Waals surface area contributed by atoms with E-state index in [2.05, 4.69) is 25.7 Å². The number of allylic oxidation sites excluding steroid dienone is 1. The van der Waals surface area contributed by atoms with E-state index in [1.54, 1.807) is 26.2 Å². The molecule has 0 saturated carbocycles. The molecular weight excluding hydrogens is 242 g/mol. The maximum atomic E-state index is 11.8. The minimum absolute atomic E-state index is 0.0442. The Morgan fingerprint density at radius 2 is 2.05 bits per heavy atom. The van der Waals surface area contributed by atoms with Crippen molar-refractivity contribution in [1.82, 2.24) is 9.91 Å². The second kappa shape index (κ2) is 7.94. The highest BCUT2D eigenvalue weighted by atomic mass is 16.5. The standard InChI is InChI=1S/C14H27N3O2/c1-8-9-12(2)10-14(3,19-7)17(15-4)11-13(18)16(5)6/h10H,4,8-9,11H2,1-3,5-7H3/b12-10+. The molecule has 0 radical (unpaired) electrons. The number of rotatable bonds is 8. The van der Waals surface area contributed by atoms with Crippen LogP contribution in [0.15, 0.2) is 16.8 Å². The lowest BCUT2D eigenvalue weighted by Crippen LogP contribution is -2.47. The van der Waals surface area contributed by atoms with Crippen molar-refractivity contribution in [2.75, 3.05) is 27.7 Å². The Bertz CT molecular complexity index is 340. The van der Waals surface area contributed by atoms with E-state index in [1.165, 1.54) is 10.5 Å². The van der Waals surface area contributed by atoms with Crippen LogP contribution in [0.3, 0.4) is 0 Å². The van der Waals surface area contributed by atoms with Gasteiger partial charge in [0.25, 0.3) is 0 Å². The summed E-state index contributed by atoms with van der Waals surface area (Å²) in [4.78, 5) is 13.3. The Morgan fingerprint density at radius 3 is 2.42 bits per heavy atom. The minimum atomic E-state index is -0.757. The summed E-state index contributed by atoms with van der Waals surface area (Å²) in [5, 5.41) is 5.50. The second-order valence-electron chi connectivity index (χ2n) is 4.99. The van der Waals surface area contributed by atoms with E-state index in [1.807, 2.05) is 13.0 Å². The normalized spacial score (nSPS) is 14.7. The number of nitrogens with zero attached hydrogens (tertiary/aromatic N) is 3. The highest BCUT2D eigenvalue weighted by Gasteiger charge is 2.30. The quantitative estimate of drug-likeness (QED) is 0.293. The van der Waals surface area contributed by atoms with Crippen molar-refractivity contribution in [3.8, 4) is 0 Å². The maximum Gasteiger partial charge on any atom is 0.243 e. The van der Waals surface area contributed by atoms with Crippen LogP contribution in [0.4, 0.5) is 0 Å². The molecule has 0 bridgehead atoms. The molecule has 5 nitrogen and oxygen atoms in total. The van der Waals surface area contributed by atoms with Crippen LogP contribution < -0.4 is 0 Å². The van der Waals surface area contributed by atoms with Gasteiger partial charge < -0.3 is 9.64 Å². The third kappa shape index (κ3) is 5.42. The van der Waals surface area contributed by atoms with E-state index >= 15 is 0 Å². The van der Waals surface area contributed by atoms with Crippen molar-refractivity contribution in [2.45, 2.75) is 39.3 Å². The highest BCUT2D eigenvalue weighted by molar-refractivity contribution is 5.77. The first-order chi connectivity index (χ1) is 8.80. The number of likely N-dealkylation sites (N-methyl/N-ethyl adjacent to an activating group) is 1. The fourth-order valence-corrected chi connectivity index (χ4v) is 1.78. The molecule has 1 amide bonds. The third-order valence-electron chi connectivity index (χ3n) is 3.04. The maximum absolute atomic E-state index is 11.8. The van der Waals surface area contributed by atoms with Crippen molar-refractivity contribution >= 4 is 12.6 Å². The Hall–Kier alpha value is -1.36. The van der Waals surface area contributed by atoms with Crippen LogP contribution in [0.5, 0.6) is 0 Å². The van der Waals surface area contributed by atoms with Gasteiger partial charge in [-0.05, 0) is 26.3 Å². The number of hydrogen-bond donors (Lipinski definition) is 0. The molecule has 0 aliphatic carbocycles. The van der Waals surface area contributed by atoms with Crippen molar-refractivity contribution in [1.29, 1.82) is 0 Å². The van der Waals surface area contributed by atoms with Gasteiger partial charge in [-0.2, -0.15) is 5.10 Å². The molecule has 1 atom stereocenters. The van der Waals surface area contributed by atoms with Gasteiger partial charge in [0.1, 0.15) is 6.54 Å². The zero-order valence-electron chi connectivity index (χ0n) is 13.1. The Kier molecular flexibility index (Phi) is 7.37. The average molecular weight is 269 g/mol. The number of hydrazone groups is 1. The summed E-state index contributed by atoms with van der Waals surface area (Å²) < 4.78 is 5.53. The van der Waals surface area contributed by atoms with Crippen LogP contribution >= 0.6 is 0 Å². The van der Waals surface area contributed by atoms with Gasteiger partial charge in [0, 0.05) is 27.9 Å². The Morgan fingerprint density at radius 1 is 1.47 bits per heavy atom. The molecule has 0 heterocycles. The topological polar surface area (TPSA) is 45.1 Å². The van der Waals surface area contributed by atoms with E-state index < -0.39 is 5.72 Å². The van der Waals surface area contributed by atoms with E-state index in [-0.39, 0.29) is 12.5 Å². The lowest BCUT2D eigenvalue weighted by Gasteiger charge is -2.36. The average Bonchev–Trinajstić information content (AvgIpc) is 2.35. The van der Waals surface area contributed by atoms with Crippen LogP contribution in [0.25, 0.3) is 0 Å². The van der Waals surface area contributed by atoms with Crippen LogP contribution in [0.2, 0.25) is 0 Å². The largest absolute Gasteiger partial charge is 0.354 e. The summed E-state index contributed by atoms with van der Waals surface area (Å²) >= 11 is 0. The van der Waals surface area contributed by atoms with Crippen molar-refractivity contribution < 1.29 is 9.53 Å². The summed E-state index contributed by atoms with van der Waals surface area (Å²) in [7, 11) is 5.03. The lowest BCUT2D eigenvalue weighted by molar-refractivity contribution is -0.138. The minimum Gasteiger partial charge on any atom is -0.354 e. The molecule has 5 heteroatoms. The summed E-state index contributed by atoms with van der Waals surface area (Å²) in [5.41, 5.74) is 0.449. The summed E-state index contributed by atoms with van der Waals surface area (Å²) in [6.45, 7) is 9.73. The number of amides is 1. The van der Waals surface area contributed by atoms with Crippen LogP contribution in [-0.4, -0.2) is 56.0 Å². The van der Waals surface area contributed by atoms with Gasteiger partial charge in [-0.3, -0.25) is 9.80 Å². The number of ether oxygens (including phenoxy) is 1. The summed E-state index contributed by atoms with van der Waals surface area (Å²) in [6.07, 6.45) is 4.06. The predicted molar refractivity (Wildman–Crippen MR) is 79.0 cm³/mol. The van der Waals surface area contributed by atoms with Crippen molar-refractivity contribution in [3.63, 3.8) is 0 Å². The van der Waals surface area contributed by atoms with Gasteiger partial charge in [0.15, 0.2) is 5.72 Å². The van der Waals surface area contributed by atoms with E-state index in [0.29, 0.717) is 0 Å². The second-order valence-corrected chi connectivity index (χ2v) is 4.99. The third-order valence-corrected chi connectivity index (χ3v) is 3.04. The number of methoxy groups -OCH3 is 1. The first-order valence-corrected chi connectivity index (χ1v) is 6.48. The SMILES string of the molecule is C=NN(CC(=O)N(C)C)C(C)(/C=C(\C)CCC)OC. The van der Waals surface area contributed by atoms with Crippen LogP contribution in [0, 0.1) is 0 Å². The zero-order chi connectivity index (χ0) is 15.1. The smallest absolute Gasteiger partial charge is 0.243 e. The molecule has 0 aromatic rings. The van der Waals surface area contributed by atoms with Gasteiger partial charge in [-0.15, -0.1) is 0 Å². The van der Waals surface area contributed by atoms with Gasteiger partial charge in [-0.25, -0.2) is 0 Å². The first-order valence-electron chi connectivity index (χ1n) is 6.48. The van der Waals surface area contributed by atoms with E-state index in [0.717, 1.165) is 12.8 Å². The van der Waals surface area contributed by atoms with Crippen LogP contribution in [-0.2, 0) is 9.53 Å². The molecule has 1 unspecified atom stereocenters. The fraction of sp³-hybridized carbons (Fsp3) is 0.714. The number of carbonyl (C=O) groups is 1. The van der Waals surface area contributed by atoms with Gasteiger partial charge in [0.2, 0.25) is 5.91 Å². The molecule has 110 valence electrons. The molecule has 0 fully saturated rings. The molecular formula is C14H27N3O2. The molecule has 0 aromatic carbocycles. The van der Waals surface area contributed by atoms with E-state index in [4.69, 9.17) is 4.74 Å². The zero-order valence-corrected chi connectivity index (χ0v) is 13.1. The van der Waals surface area contributed by atoms with Crippen molar-refractivity contribution in [2.24, 2.45) is 5.10 Å². The van der Waals surface area contributed by atoms with Gasteiger partial charge >= 0.3 is 0 Å². The Labute approximate surface area is 116 Å². The molecule has 0 N–H and O–H groups in total. The van der Waals surface area contributed by atoms with Gasteiger partial charge in [0.05, 0.1) is 0 Å². The molecule has 0 spiro atoms. The molecule has 0 aliphatic heterocycles. The van der Waals surface area contributed by atoms with E-state index in [9.17, 15) is 4.79 Å². The molecule has 19 heavy (non-hydrogen) atoms. The number of carbonyl (C=O) groups excluding carboxylic acids is 1. The fourth-order valence-electron chi connectivity index (χ4n) is 1.78. The first kappa shape index (κ1) is 17.6. The molecule has 0 aromatic heterocycles. The molecule has 0 aliphatic rings. The Balaban J connectivity index is 5.09. The molecule has 0 saturated heterocycles. The van der Waals surface area contributed by atoms with Crippen LogP contribution in [0.1, 0.15) is 33.6 Å². The summed E-state index contributed by atoms with van der Waals surface area (Å²) in [5.74, 6) is -0.0442. The van der Waals surface area contributed by atoms with Crippen molar-refractivity contribution in [3.05, 3.63) is 11.6 Å². The monoisotopic (exact) mass is 269 g/mol. The number of hydrogen-bond acceptors (Lipinski definition) is 4. The highest BCUT2D eigenvalue weighted by Crippen LogP contribution is 2.21. The predicted octanol–water partition coefficient (Wildman–Crippen LogP) is 2.10. The molecule has 0 rings (SSSR count). The lowest BCUT2D eigenvalue weighted by atomic mass is 10.1. The summed E-state index contributed by atoms with van der Waals surface area (Å²) in [6, 6.07) is 0.